The van der Waals surface area contributed by atoms with Crippen LogP contribution in [0.3, 0.4) is 0 Å². The standard InChI is InChI=1S/C24H48O5/c1-2-3-4-5-6-7-8-9-10-11-12-13-14-15-16-17-18-28-20-22-24(27)23(26)21(25)19-29-22/h21-27H,2-20H2,1H3/t21-,22+,23+,24+/m0/s1. The molecule has 0 aromatic heterocycles. The fourth-order valence-electron chi connectivity index (χ4n) is 3.97. The highest BCUT2D eigenvalue weighted by atomic mass is 16.6. The molecule has 0 saturated carbocycles. The molecule has 0 spiro atoms. The van der Waals surface area contributed by atoms with Crippen molar-refractivity contribution in [2.24, 2.45) is 0 Å². The SMILES string of the molecule is CCCCCCCCCCCCCCCCCCOC[C@H]1OC[C@H](O)[C@@H](O)[C@@H]1O. The third kappa shape index (κ3) is 13.7. The minimum Gasteiger partial charge on any atom is -0.388 e. The van der Waals surface area contributed by atoms with E-state index in [1.54, 1.807) is 0 Å². The zero-order chi connectivity index (χ0) is 21.2. The van der Waals surface area contributed by atoms with E-state index in [4.69, 9.17) is 9.47 Å². The van der Waals surface area contributed by atoms with Crippen LogP contribution in [0.4, 0.5) is 0 Å². The number of aliphatic hydroxyl groups excluding tert-OH is 3. The van der Waals surface area contributed by atoms with Gasteiger partial charge in [-0.15, -0.1) is 0 Å². The molecule has 1 heterocycles. The first-order valence-corrected chi connectivity index (χ1v) is 12.4. The second-order valence-corrected chi connectivity index (χ2v) is 8.80. The minimum absolute atomic E-state index is 0.0469. The molecule has 4 atom stereocenters. The van der Waals surface area contributed by atoms with Crippen molar-refractivity contribution in [3.05, 3.63) is 0 Å². The van der Waals surface area contributed by atoms with Gasteiger partial charge in [0.1, 0.15) is 24.4 Å². The van der Waals surface area contributed by atoms with Gasteiger partial charge in [0.05, 0.1) is 13.2 Å². The largest absolute Gasteiger partial charge is 0.388 e. The van der Waals surface area contributed by atoms with Crippen molar-refractivity contribution in [2.75, 3.05) is 19.8 Å². The molecule has 0 radical (unpaired) electrons. The third-order valence-electron chi connectivity index (χ3n) is 6.03. The molecule has 1 saturated heterocycles. The zero-order valence-electron chi connectivity index (χ0n) is 18.9. The van der Waals surface area contributed by atoms with Gasteiger partial charge in [-0.05, 0) is 6.42 Å². The van der Waals surface area contributed by atoms with Crippen LogP contribution in [-0.4, -0.2) is 59.6 Å². The van der Waals surface area contributed by atoms with Gasteiger partial charge in [0.25, 0.3) is 0 Å². The molecule has 0 aliphatic carbocycles. The molecule has 1 fully saturated rings. The average molecular weight is 417 g/mol. The topological polar surface area (TPSA) is 79.2 Å². The number of hydrogen-bond acceptors (Lipinski definition) is 5. The number of aliphatic hydroxyl groups is 3. The van der Waals surface area contributed by atoms with Gasteiger partial charge < -0.3 is 24.8 Å². The lowest BCUT2D eigenvalue weighted by Gasteiger charge is -2.35. The van der Waals surface area contributed by atoms with E-state index in [9.17, 15) is 15.3 Å². The third-order valence-corrected chi connectivity index (χ3v) is 6.03. The van der Waals surface area contributed by atoms with Crippen LogP contribution in [0.1, 0.15) is 110 Å². The molecule has 0 amide bonds. The summed E-state index contributed by atoms with van der Waals surface area (Å²) in [5.41, 5.74) is 0. The first-order chi connectivity index (χ1) is 14.2. The van der Waals surface area contributed by atoms with Gasteiger partial charge in [0.2, 0.25) is 0 Å². The zero-order valence-corrected chi connectivity index (χ0v) is 18.9. The second-order valence-electron chi connectivity index (χ2n) is 8.80. The highest BCUT2D eigenvalue weighted by Crippen LogP contribution is 2.16. The van der Waals surface area contributed by atoms with E-state index in [0.29, 0.717) is 6.61 Å². The van der Waals surface area contributed by atoms with E-state index < -0.39 is 24.4 Å². The Balaban J connectivity index is 1.75. The van der Waals surface area contributed by atoms with E-state index >= 15 is 0 Å². The van der Waals surface area contributed by atoms with Crippen LogP contribution in [-0.2, 0) is 9.47 Å². The van der Waals surface area contributed by atoms with Gasteiger partial charge in [0.15, 0.2) is 0 Å². The van der Waals surface area contributed by atoms with Crippen molar-refractivity contribution in [2.45, 2.75) is 134 Å². The first-order valence-electron chi connectivity index (χ1n) is 12.4. The summed E-state index contributed by atoms with van der Waals surface area (Å²) >= 11 is 0. The maximum Gasteiger partial charge on any atom is 0.111 e. The van der Waals surface area contributed by atoms with Crippen LogP contribution in [0.15, 0.2) is 0 Å². The summed E-state index contributed by atoms with van der Waals surface area (Å²) < 4.78 is 10.9. The molecule has 3 N–H and O–H groups in total. The van der Waals surface area contributed by atoms with E-state index in [2.05, 4.69) is 6.92 Å². The summed E-state index contributed by atoms with van der Waals surface area (Å²) in [4.78, 5) is 0. The van der Waals surface area contributed by atoms with Gasteiger partial charge in [-0.2, -0.15) is 0 Å². The van der Waals surface area contributed by atoms with Crippen molar-refractivity contribution >= 4 is 0 Å². The van der Waals surface area contributed by atoms with E-state index in [1.807, 2.05) is 0 Å². The molecule has 29 heavy (non-hydrogen) atoms. The van der Waals surface area contributed by atoms with Crippen LogP contribution in [0.5, 0.6) is 0 Å². The maximum atomic E-state index is 9.84. The first kappa shape index (κ1) is 26.8. The van der Waals surface area contributed by atoms with E-state index in [0.717, 1.165) is 6.42 Å². The van der Waals surface area contributed by atoms with Crippen molar-refractivity contribution in [3.8, 4) is 0 Å². The quantitative estimate of drug-likeness (QED) is 0.265. The predicted octanol–water partition coefficient (Wildman–Crippen LogP) is 4.75. The summed E-state index contributed by atoms with van der Waals surface area (Å²) in [6.07, 6.45) is 17.8. The molecule has 0 aromatic carbocycles. The fraction of sp³-hybridized carbons (Fsp3) is 1.00. The molecule has 5 nitrogen and oxygen atoms in total. The Morgan fingerprint density at radius 2 is 1.10 bits per heavy atom. The molecule has 0 aromatic rings. The van der Waals surface area contributed by atoms with Crippen molar-refractivity contribution in [3.63, 3.8) is 0 Å². The van der Waals surface area contributed by atoms with Crippen molar-refractivity contribution < 1.29 is 24.8 Å². The summed E-state index contributed by atoms with van der Waals surface area (Å²) in [5, 5.41) is 28.9. The maximum absolute atomic E-state index is 9.84. The smallest absolute Gasteiger partial charge is 0.111 e. The van der Waals surface area contributed by atoms with Gasteiger partial charge in [0, 0.05) is 6.61 Å². The Bertz CT molecular complexity index is 352. The number of rotatable bonds is 19. The van der Waals surface area contributed by atoms with Gasteiger partial charge in [-0.25, -0.2) is 0 Å². The molecular weight excluding hydrogens is 368 g/mol. The molecule has 1 rings (SSSR count). The number of unbranched alkanes of at least 4 members (excludes halogenated alkanes) is 15. The summed E-state index contributed by atoms with van der Waals surface area (Å²) in [7, 11) is 0. The molecule has 174 valence electrons. The van der Waals surface area contributed by atoms with E-state index in [1.165, 1.54) is 96.3 Å². The molecular formula is C24H48O5. The fourth-order valence-corrected chi connectivity index (χ4v) is 3.97. The average Bonchev–Trinajstić information content (AvgIpc) is 2.72. The van der Waals surface area contributed by atoms with Gasteiger partial charge in [-0.3, -0.25) is 0 Å². The van der Waals surface area contributed by atoms with Crippen LogP contribution in [0, 0.1) is 0 Å². The van der Waals surface area contributed by atoms with Crippen LogP contribution in [0.2, 0.25) is 0 Å². The van der Waals surface area contributed by atoms with Crippen LogP contribution < -0.4 is 0 Å². The summed E-state index contributed by atoms with van der Waals surface area (Å²) in [5.74, 6) is 0. The van der Waals surface area contributed by atoms with Crippen LogP contribution >= 0.6 is 0 Å². The van der Waals surface area contributed by atoms with E-state index in [-0.39, 0.29) is 13.2 Å². The Hall–Kier alpha value is -0.200. The Kier molecular flexibility index (Phi) is 17.2. The number of hydrogen-bond donors (Lipinski definition) is 3. The predicted molar refractivity (Wildman–Crippen MR) is 118 cm³/mol. The Labute approximate surface area is 179 Å². The van der Waals surface area contributed by atoms with Crippen molar-refractivity contribution in [1.29, 1.82) is 0 Å². The molecule has 1 aliphatic rings. The molecule has 0 bridgehead atoms. The lowest BCUT2D eigenvalue weighted by molar-refractivity contribution is -0.199. The normalized spacial score (nSPS) is 24.8. The Morgan fingerprint density at radius 1 is 0.655 bits per heavy atom. The molecule has 5 heteroatoms. The minimum atomic E-state index is -1.15. The molecule has 1 aliphatic heterocycles. The summed E-state index contributed by atoms with van der Waals surface area (Å²) in [6, 6.07) is 0. The second kappa shape index (κ2) is 18.6. The highest BCUT2D eigenvalue weighted by molar-refractivity contribution is 4.86. The summed E-state index contributed by atoms with van der Waals surface area (Å²) in [6.45, 7) is 3.25. The van der Waals surface area contributed by atoms with Gasteiger partial charge >= 0.3 is 0 Å². The van der Waals surface area contributed by atoms with Crippen LogP contribution in [0.25, 0.3) is 0 Å². The monoisotopic (exact) mass is 416 g/mol. The highest BCUT2D eigenvalue weighted by Gasteiger charge is 2.37. The number of ether oxygens (including phenoxy) is 2. The lowest BCUT2D eigenvalue weighted by Crippen LogP contribution is -2.54. The van der Waals surface area contributed by atoms with Crippen molar-refractivity contribution in [1.82, 2.24) is 0 Å². The molecule has 0 unspecified atom stereocenters. The Morgan fingerprint density at radius 3 is 1.59 bits per heavy atom. The lowest BCUT2D eigenvalue weighted by atomic mass is 10.0. The van der Waals surface area contributed by atoms with Gasteiger partial charge in [-0.1, -0.05) is 103 Å².